The number of methoxy groups -OCH3 is 1. The maximum Gasteiger partial charge on any atom is 0.251 e. The molecular weight excluding hydrogens is 350 g/mol. The van der Waals surface area contributed by atoms with Gasteiger partial charge in [0.05, 0.1) is 18.5 Å². The zero-order chi connectivity index (χ0) is 19.5. The third kappa shape index (κ3) is 3.74. The molecule has 0 saturated heterocycles. The number of nitrogens with zero attached hydrogens (tertiary/aromatic N) is 2. The van der Waals surface area contributed by atoms with Crippen LogP contribution in [0.2, 0.25) is 0 Å². The predicted molar refractivity (Wildman–Crippen MR) is 108 cm³/mol. The summed E-state index contributed by atoms with van der Waals surface area (Å²) in [7, 11) is 1.68. The van der Waals surface area contributed by atoms with Crippen LogP contribution in [0.4, 0.5) is 0 Å². The van der Waals surface area contributed by atoms with Crippen molar-refractivity contribution in [1.29, 1.82) is 0 Å². The van der Waals surface area contributed by atoms with Gasteiger partial charge in [0, 0.05) is 23.2 Å². The van der Waals surface area contributed by atoms with Gasteiger partial charge in [-0.3, -0.25) is 4.79 Å². The molecule has 0 atom stereocenters. The number of aryl methyl sites for hydroxylation is 3. The highest BCUT2D eigenvalue weighted by molar-refractivity contribution is 5.94. The molecule has 1 aliphatic carbocycles. The summed E-state index contributed by atoms with van der Waals surface area (Å²) in [5, 5.41) is 11.3. The van der Waals surface area contributed by atoms with E-state index in [1.54, 1.807) is 7.11 Å². The van der Waals surface area contributed by atoms with Crippen molar-refractivity contribution in [1.82, 2.24) is 15.5 Å². The number of hydrogen-bond donors (Lipinski definition) is 1. The van der Waals surface area contributed by atoms with E-state index in [4.69, 9.17) is 4.74 Å². The first-order valence-electron chi connectivity index (χ1n) is 9.51. The molecule has 1 N–H and O–H groups in total. The van der Waals surface area contributed by atoms with Crippen LogP contribution in [0.15, 0.2) is 48.5 Å². The zero-order valence-corrected chi connectivity index (χ0v) is 16.2. The van der Waals surface area contributed by atoms with Crippen LogP contribution in [-0.2, 0) is 19.4 Å². The molecule has 3 aromatic rings. The van der Waals surface area contributed by atoms with Gasteiger partial charge in [-0.2, -0.15) is 10.2 Å². The fourth-order valence-corrected chi connectivity index (χ4v) is 3.60. The Kier molecular flexibility index (Phi) is 5.06. The monoisotopic (exact) mass is 373 g/mol. The van der Waals surface area contributed by atoms with E-state index in [1.807, 2.05) is 43.3 Å². The molecule has 1 amide bonds. The highest BCUT2D eigenvalue weighted by Crippen LogP contribution is 2.29. The summed E-state index contributed by atoms with van der Waals surface area (Å²) >= 11 is 0. The minimum absolute atomic E-state index is 0.107. The van der Waals surface area contributed by atoms with Crippen LogP contribution in [0.25, 0.3) is 11.3 Å². The number of aromatic nitrogens is 2. The summed E-state index contributed by atoms with van der Waals surface area (Å²) in [6.07, 6.45) is 3.39. The number of hydrogen-bond acceptors (Lipinski definition) is 4. The van der Waals surface area contributed by atoms with E-state index >= 15 is 0 Å². The second kappa shape index (κ2) is 7.80. The van der Waals surface area contributed by atoms with Crippen LogP contribution in [0.1, 0.15) is 39.2 Å². The molecule has 0 unspecified atom stereocenters. The SMILES string of the molecule is COc1cc2c(cc1CNC(=O)c1ccc(-c3ccc(C)nn3)cc1)CCC2. The van der Waals surface area contributed by atoms with Crippen LogP contribution < -0.4 is 10.1 Å². The highest BCUT2D eigenvalue weighted by atomic mass is 16.5. The third-order valence-corrected chi connectivity index (χ3v) is 5.18. The zero-order valence-electron chi connectivity index (χ0n) is 16.2. The molecule has 0 radical (unpaired) electrons. The average molecular weight is 373 g/mol. The van der Waals surface area contributed by atoms with Crippen molar-refractivity contribution in [3.63, 3.8) is 0 Å². The summed E-state index contributed by atoms with van der Waals surface area (Å²) < 4.78 is 5.52. The first kappa shape index (κ1) is 18.2. The van der Waals surface area contributed by atoms with Crippen LogP contribution >= 0.6 is 0 Å². The molecule has 1 aliphatic rings. The summed E-state index contributed by atoms with van der Waals surface area (Å²) in [5.41, 5.74) is 6.97. The van der Waals surface area contributed by atoms with Gasteiger partial charge < -0.3 is 10.1 Å². The van der Waals surface area contributed by atoms with Crippen LogP contribution in [-0.4, -0.2) is 23.2 Å². The van der Waals surface area contributed by atoms with E-state index in [0.717, 1.165) is 41.1 Å². The van der Waals surface area contributed by atoms with Crippen molar-refractivity contribution >= 4 is 5.91 Å². The number of benzene rings is 2. The molecule has 4 rings (SSSR count). The van der Waals surface area contributed by atoms with E-state index in [2.05, 4.69) is 27.6 Å². The summed E-state index contributed by atoms with van der Waals surface area (Å²) in [4.78, 5) is 12.6. The smallest absolute Gasteiger partial charge is 0.251 e. The van der Waals surface area contributed by atoms with Crippen molar-refractivity contribution in [3.8, 4) is 17.0 Å². The summed E-state index contributed by atoms with van der Waals surface area (Å²) in [6, 6.07) is 15.5. The molecule has 28 heavy (non-hydrogen) atoms. The predicted octanol–water partition coefficient (Wildman–Crippen LogP) is 3.88. The van der Waals surface area contributed by atoms with Gasteiger partial charge in [0.15, 0.2) is 0 Å². The van der Waals surface area contributed by atoms with Gasteiger partial charge in [0.2, 0.25) is 0 Å². The molecule has 5 nitrogen and oxygen atoms in total. The quantitative estimate of drug-likeness (QED) is 0.737. The van der Waals surface area contributed by atoms with Crippen LogP contribution in [0, 0.1) is 6.92 Å². The molecule has 0 spiro atoms. The van der Waals surface area contributed by atoms with E-state index < -0.39 is 0 Å². The Hall–Kier alpha value is -3.21. The minimum atomic E-state index is -0.107. The number of carbonyl (C=O) groups is 1. The van der Waals surface area contributed by atoms with E-state index in [1.165, 1.54) is 17.5 Å². The second-order valence-electron chi connectivity index (χ2n) is 7.11. The Labute approximate surface area is 164 Å². The first-order valence-corrected chi connectivity index (χ1v) is 9.51. The third-order valence-electron chi connectivity index (χ3n) is 5.18. The lowest BCUT2D eigenvalue weighted by atomic mass is 10.0. The van der Waals surface area contributed by atoms with Crippen molar-refractivity contribution in [3.05, 3.63) is 76.5 Å². The summed E-state index contributed by atoms with van der Waals surface area (Å²) in [6.45, 7) is 2.35. The Morgan fingerprint density at radius 2 is 1.79 bits per heavy atom. The minimum Gasteiger partial charge on any atom is -0.496 e. The molecule has 142 valence electrons. The van der Waals surface area contributed by atoms with Crippen LogP contribution in [0.5, 0.6) is 5.75 Å². The molecular formula is C23H23N3O2. The fraction of sp³-hybridized carbons (Fsp3) is 0.261. The largest absolute Gasteiger partial charge is 0.496 e. The standard InChI is InChI=1S/C23H23N3O2/c1-15-6-11-21(26-25-15)16-7-9-17(10-8-16)23(27)24-14-20-12-18-4-3-5-19(18)13-22(20)28-2/h6-13H,3-5,14H2,1-2H3,(H,24,27). The summed E-state index contributed by atoms with van der Waals surface area (Å²) in [5.74, 6) is 0.735. The van der Waals surface area contributed by atoms with Crippen molar-refractivity contribution in [2.24, 2.45) is 0 Å². The molecule has 1 heterocycles. The lowest BCUT2D eigenvalue weighted by Gasteiger charge is -2.13. The molecule has 0 bridgehead atoms. The van der Waals surface area contributed by atoms with Crippen LogP contribution in [0.3, 0.4) is 0 Å². The number of carbonyl (C=O) groups excluding carboxylic acids is 1. The maximum atomic E-state index is 12.6. The van der Waals surface area contributed by atoms with Gasteiger partial charge in [-0.1, -0.05) is 18.2 Å². The number of fused-ring (bicyclic) bond motifs is 1. The number of rotatable bonds is 5. The Bertz CT molecular complexity index is 996. The topological polar surface area (TPSA) is 64.1 Å². The molecule has 1 aromatic heterocycles. The molecule has 0 fully saturated rings. The van der Waals surface area contributed by atoms with E-state index in [0.29, 0.717) is 12.1 Å². The lowest BCUT2D eigenvalue weighted by Crippen LogP contribution is -2.23. The molecule has 0 saturated carbocycles. The number of ether oxygens (including phenoxy) is 1. The molecule has 2 aromatic carbocycles. The first-order chi connectivity index (χ1) is 13.6. The Morgan fingerprint density at radius 1 is 1.04 bits per heavy atom. The van der Waals surface area contributed by atoms with Gasteiger partial charge in [-0.25, -0.2) is 0 Å². The highest BCUT2D eigenvalue weighted by Gasteiger charge is 2.16. The fourth-order valence-electron chi connectivity index (χ4n) is 3.60. The lowest BCUT2D eigenvalue weighted by molar-refractivity contribution is 0.0950. The Morgan fingerprint density at radius 3 is 2.46 bits per heavy atom. The Balaban J connectivity index is 1.45. The van der Waals surface area contributed by atoms with Gasteiger partial charge in [-0.05, 0) is 67.6 Å². The van der Waals surface area contributed by atoms with Gasteiger partial charge in [0.1, 0.15) is 5.75 Å². The van der Waals surface area contributed by atoms with Gasteiger partial charge in [0.25, 0.3) is 5.91 Å². The van der Waals surface area contributed by atoms with E-state index in [-0.39, 0.29) is 5.91 Å². The normalized spacial score (nSPS) is 12.5. The molecule has 0 aliphatic heterocycles. The number of amides is 1. The van der Waals surface area contributed by atoms with Gasteiger partial charge >= 0.3 is 0 Å². The van der Waals surface area contributed by atoms with Gasteiger partial charge in [-0.15, -0.1) is 0 Å². The average Bonchev–Trinajstić information content (AvgIpc) is 3.19. The van der Waals surface area contributed by atoms with Crippen molar-refractivity contribution in [2.75, 3.05) is 7.11 Å². The maximum absolute atomic E-state index is 12.6. The van der Waals surface area contributed by atoms with Crippen molar-refractivity contribution < 1.29 is 9.53 Å². The number of nitrogens with one attached hydrogen (secondary N) is 1. The second-order valence-corrected chi connectivity index (χ2v) is 7.11. The molecule has 5 heteroatoms. The van der Waals surface area contributed by atoms with E-state index in [9.17, 15) is 4.79 Å². The van der Waals surface area contributed by atoms with Crippen molar-refractivity contribution in [2.45, 2.75) is 32.7 Å².